The van der Waals surface area contributed by atoms with Crippen LogP contribution in [0.2, 0.25) is 0 Å². The molecule has 6 heavy (non-hydrogen) atoms. The van der Waals surface area contributed by atoms with E-state index in [2.05, 4.69) is 13.3 Å². The summed E-state index contributed by atoms with van der Waals surface area (Å²) in [5, 5.41) is 0. The molecule has 0 heterocycles. The molecule has 0 aromatic heterocycles. The summed E-state index contributed by atoms with van der Waals surface area (Å²) in [6, 6.07) is 0. The Morgan fingerprint density at radius 2 is 2.33 bits per heavy atom. The third kappa shape index (κ3) is 4.29. The molecule has 0 N–H and O–H groups in total. The highest BCUT2D eigenvalue weighted by Crippen LogP contribution is 1.92. The molecular weight excluding hydrogens is 95.5 g/mol. The molecule has 0 aromatic carbocycles. The van der Waals surface area contributed by atoms with Gasteiger partial charge in [-0.3, -0.25) is 0 Å². The molecule has 1 radical (unpaired) electrons. The van der Waals surface area contributed by atoms with Crippen LogP contribution in [0.5, 0.6) is 0 Å². The first kappa shape index (κ1) is 6.29. The van der Waals surface area contributed by atoms with E-state index in [1.165, 1.54) is 6.42 Å². The lowest BCUT2D eigenvalue weighted by atomic mass is 10.3. The molecule has 0 fully saturated rings. The van der Waals surface area contributed by atoms with Crippen LogP contribution in [-0.4, -0.2) is 5.88 Å². The van der Waals surface area contributed by atoms with Crippen molar-refractivity contribution in [2.24, 2.45) is 0 Å². The van der Waals surface area contributed by atoms with E-state index in [4.69, 9.17) is 11.6 Å². The van der Waals surface area contributed by atoms with Crippen molar-refractivity contribution >= 4 is 11.6 Å². The number of alkyl halides is 1. The normalized spacial score (nSPS) is 9.00. The molecule has 0 aliphatic rings. The minimum atomic E-state index is 0.702. The first-order valence-corrected chi connectivity index (χ1v) is 2.83. The maximum Gasteiger partial charge on any atom is 0.0254 e. The van der Waals surface area contributed by atoms with Gasteiger partial charge in [0.25, 0.3) is 0 Å². The number of halogens is 1. The molecule has 1 heteroatoms. The molecule has 0 spiro atoms. The Hall–Kier alpha value is 0.290. The molecule has 0 saturated heterocycles. The lowest BCUT2D eigenvalue weighted by Crippen LogP contribution is -1.72. The maximum absolute atomic E-state index is 5.32. The van der Waals surface area contributed by atoms with E-state index in [0.29, 0.717) is 5.88 Å². The van der Waals surface area contributed by atoms with Gasteiger partial charge < -0.3 is 0 Å². The van der Waals surface area contributed by atoms with Crippen molar-refractivity contribution in [3.05, 3.63) is 6.42 Å². The van der Waals surface area contributed by atoms with Gasteiger partial charge in [0, 0.05) is 5.88 Å². The summed E-state index contributed by atoms with van der Waals surface area (Å²) in [6.07, 6.45) is 4.44. The van der Waals surface area contributed by atoms with Crippen LogP contribution in [0.3, 0.4) is 0 Å². The number of hydrogen-bond donors (Lipinski definition) is 0. The van der Waals surface area contributed by atoms with Crippen LogP contribution in [0, 0.1) is 6.42 Å². The Kier molecular flexibility index (Phi) is 5.55. The van der Waals surface area contributed by atoms with Gasteiger partial charge in [-0.05, 0) is 12.8 Å². The smallest absolute Gasteiger partial charge is 0.0254 e. The van der Waals surface area contributed by atoms with Crippen molar-refractivity contribution < 1.29 is 0 Å². The monoisotopic (exact) mass is 105 g/mol. The average Bonchev–Trinajstić information content (AvgIpc) is 1.61. The van der Waals surface area contributed by atoms with E-state index in [9.17, 15) is 0 Å². The van der Waals surface area contributed by atoms with Crippen molar-refractivity contribution in [2.45, 2.75) is 19.8 Å². The fourth-order valence-electron chi connectivity index (χ4n) is 0.281. The van der Waals surface area contributed by atoms with Crippen LogP contribution in [0.25, 0.3) is 0 Å². The number of unbranched alkanes of at least 4 members (excludes halogenated alkanes) is 2. The van der Waals surface area contributed by atoms with Crippen LogP contribution < -0.4 is 0 Å². The molecule has 0 atom stereocenters. The van der Waals surface area contributed by atoms with E-state index in [1.54, 1.807) is 0 Å². The van der Waals surface area contributed by atoms with Crippen LogP contribution in [0.4, 0.5) is 0 Å². The third-order valence-electron chi connectivity index (χ3n) is 0.602. The third-order valence-corrected chi connectivity index (χ3v) is 0.820. The van der Waals surface area contributed by atoms with Crippen molar-refractivity contribution in [3.8, 4) is 0 Å². The Bertz CT molecular complexity index is 15.9. The van der Waals surface area contributed by atoms with E-state index in [1.807, 2.05) is 0 Å². The first-order valence-electron chi connectivity index (χ1n) is 2.29. The SMILES string of the molecule is CCC[CH]CCl. The minimum Gasteiger partial charge on any atom is -0.126 e. The zero-order valence-electron chi connectivity index (χ0n) is 4.08. The first-order chi connectivity index (χ1) is 2.91. The molecule has 0 amide bonds. The lowest BCUT2D eigenvalue weighted by Gasteiger charge is -1.84. The molecule has 0 aromatic rings. The van der Waals surface area contributed by atoms with Gasteiger partial charge in [0.2, 0.25) is 0 Å². The molecule has 0 unspecified atom stereocenters. The Morgan fingerprint density at radius 3 is 2.50 bits per heavy atom. The van der Waals surface area contributed by atoms with Gasteiger partial charge in [0.15, 0.2) is 0 Å². The zero-order valence-corrected chi connectivity index (χ0v) is 4.83. The van der Waals surface area contributed by atoms with E-state index >= 15 is 0 Å². The topological polar surface area (TPSA) is 0 Å². The largest absolute Gasteiger partial charge is 0.126 e. The highest BCUT2D eigenvalue weighted by Gasteiger charge is 1.77. The number of rotatable bonds is 3. The molecule has 0 aliphatic heterocycles. The summed E-state index contributed by atoms with van der Waals surface area (Å²) in [4.78, 5) is 0. The van der Waals surface area contributed by atoms with E-state index in [-0.39, 0.29) is 0 Å². The second kappa shape index (κ2) is 5.29. The molecule has 0 rings (SSSR count). The lowest BCUT2D eigenvalue weighted by molar-refractivity contribution is 0.903. The predicted octanol–water partition coefficient (Wildman–Crippen LogP) is 2.23. The van der Waals surface area contributed by atoms with Gasteiger partial charge >= 0.3 is 0 Å². The summed E-state index contributed by atoms with van der Waals surface area (Å²) >= 11 is 5.32. The average molecular weight is 106 g/mol. The van der Waals surface area contributed by atoms with Gasteiger partial charge in [-0.15, -0.1) is 11.6 Å². The summed E-state index contributed by atoms with van der Waals surface area (Å²) in [5.74, 6) is 0.702. The van der Waals surface area contributed by atoms with E-state index < -0.39 is 0 Å². The fraction of sp³-hybridized carbons (Fsp3) is 0.800. The molecule has 0 aliphatic carbocycles. The van der Waals surface area contributed by atoms with Crippen LogP contribution in [-0.2, 0) is 0 Å². The zero-order chi connectivity index (χ0) is 4.83. The van der Waals surface area contributed by atoms with Crippen molar-refractivity contribution in [3.63, 3.8) is 0 Å². The molecule has 0 saturated carbocycles. The summed E-state index contributed by atoms with van der Waals surface area (Å²) in [6.45, 7) is 2.14. The summed E-state index contributed by atoms with van der Waals surface area (Å²) in [5.41, 5.74) is 0. The van der Waals surface area contributed by atoms with Crippen LogP contribution in [0.15, 0.2) is 0 Å². The molecular formula is C5H10Cl. The highest BCUT2D eigenvalue weighted by atomic mass is 35.5. The van der Waals surface area contributed by atoms with Crippen LogP contribution >= 0.6 is 11.6 Å². The van der Waals surface area contributed by atoms with E-state index in [0.717, 1.165) is 6.42 Å². The number of hydrogen-bond acceptors (Lipinski definition) is 0. The Balaban J connectivity index is 2.34. The molecule has 0 nitrogen and oxygen atoms in total. The van der Waals surface area contributed by atoms with Gasteiger partial charge in [-0.2, -0.15) is 0 Å². The van der Waals surface area contributed by atoms with Gasteiger partial charge in [-0.25, -0.2) is 0 Å². The van der Waals surface area contributed by atoms with Crippen LogP contribution in [0.1, 0.15) is 19.8 Å². The Morgan fingerprint density at radius 1 is 1.67 bits per heavy atom. The predicted molar refractivity (Wildman–Crippen MR) is 29.9 cm³/mol. The van der Waals surface area contributed by atoms with Crippen molar-refractivity contribution in [1.29, 1.82) is 0 Å². The quantitative estimate of drug-likeness (QED) is 0.382. The summed E-state index contributed by atoms with van der Waals surface area (Å²) < 4.78 is 0. The second-order valence-corrected chi connectivity index (χ2v) is 1.54. The molecule has 37 valence electrons. The Labute approximate surface area is 44.5 Å². The van der Waals surface area contributed by atoms with Gasteiger partial charge in [-0.1, -0.05) is 13.3 Å². The second-order valence-electron chi connectivity index (χ2n) is 1.23. The minimum absolute atomic E-state index is 0.702. The molecule has 0 bridgehead atoms. The highest BCUT2D eigenvalue weighted by molar-refractivity contribution is 6.18. The van der Waals surface area contributed by atoms with Gasteiger partial charge in [0.1, 0.15) is 0 Å². The fourth-order valence-corrected chi connectivity index (χ4v) is 0.436. The van der Waals surface area contributed by atoms with Crippen molar-refractivity contribution in [2.75, 3.05) is 5.88 Å². The maximum atomic E-state index is 5.32. The van der Waals surface area contributed by atoms with Gasteiger partial charge in [0.05, 0.1) is 0 Å². The van der Waals surface area contributed by atoms with Crippen molar-refractivity contribution in [1.82, 2.24) is 0 Å². The standard InChI is InChI=1S/C5H10Cl/c1-2-3-4-5-6/h4H,2-3,5H2,1H3. The summed E-state index contributed by atoms with van der Waals surface area (Å²) in [7, 11) is 0.